The summed E-state index contributed by atoms with van der Waals surface area (Å²) in [7, 11) is 0. The van der Waals surface area contributed by atoms with Crippen LogP contribution in [0, 0.1) is 0 Å². The normalized spacial score (nSPS) is 11.1. The molecule has 3 nitrogen and oxygen atoms in total. The Morgan fingerprint density at radius 3 is 2.26 bits per heavy atom. The number of alkyl halides is 3. The summed E-state index contributed by atoms with van der Waals surface area (Å²) < 4.78 is 37.8. The standard InChI is InChI=1S/C16H11ClF3NO2/c17-13-6-4-10(5-7-13)14(22)9-21-15(23)11-2-1-3-12(8-11)16(18,19)20/h1-8H,9H2,(H,21,23). The topological polar surface area (TPSA) is 46.2 Å². The summed E-state index contributed by atoms with van der Waals surface area (Å²) in [4.78, 5) is 23.7. The zero-order valence-corrected chi connectivity index (χ0v) is 12.4. The van der Waals surface area contributed by atoms with Gasteiger partial charge in [0.1, 0.15) is 0 Å². The second-order valence-corrected chi connectivity index (χ2v) is 5.13. The minimum atomic E-state index is -4.53. The highest BCUT2D eigenvalue weighted by atomic mass is 35.5. The third-order valence-electron chi connectivity index (χ3n) is 3.03. The first-order chi connectivity index (χ1) is 10.8. The van der Waals surface area contributed by atoms with E-state index >= 15 is 0 Å². The lowest BCUT2D eigenvalue weighted by atomic mass is 10.1. The van der Waals surface area contributed by atoms with E-state index in [2.05, 4.69) is 5.32 Å². The number of ketones is 1. The molecule has 7 heteroatoms. The lowest BCUT2D eigenvalue weighted by Crippen LogP contribution is -2.29. The van der Waals surface area contributed by atoms with Crippen molar-refractivity contribution >= 4 is 23.3 Å². The van der Waals surface area contributed by atoms with E-state index in [1.165, 1.54) is 30.3 Å². The van der Waals surface area contributed by atoms with E-state index in [0.29, 0.717) is 10.6 Å². The van der Waals surface area contributed by atoms with Crippen molar-refractivity contribution in [3.8, 4) is 0 Å². The Labute approximate surface area is 135 Å². The van der Waals surface area contributed by atoms with E-state index < -0.39 is 17.6 Å². The number of carbonyl (C=O) groups excluding carboxylic acids is 2. The Balaban J connectivity index is 2.02. The highest BCUT2D eigenvalue weighted by Gasteiger charge is 2.30. The number of amides is 1. The average molecular weight is 342 g/mol. The quantitative estimate of drug-likeness (QED) is 0.855. The minimum absolute atomic E-state index is 0.163. The first-order valence-electron chi connectivity index (χ1n) is 6.51. The zero-order chi connectivity index (χ0) is 17.0. The predicted molar refractivity (Wildman–Crippen MR) is 79.6 cm³/mol. The summed E-state index contributed by atoms with van der Waals surface area (Å²) in [5.41, 5.74) is -0.739. The second-order valence-electron chi connectivity index (χ2n) is 4.69. The molecule has 0 saturated carbocycles. The summed E-state index contributed by atoms with van der Waals surface area (Å²) in [5, 5.41) is 2.77. The molecule has 120 valence electrons. The highest BCUT2D eigenvalue weighted by Crippen LogP contribution is 2.29. The molecule has 0 atom stereocenters. The van der Waals surface area contributed by atoms with Crippen molar-refractivity contribution in [2.75, 3.05) is 6.54 Å². The van der Waals surface area contributed by atoms with Gasteiger partial charge in [-0.05, 0) is 42.5 Å². The van der Waals surface area contributed by atoms with E-state index in [1.807, 2.05) is 0 Å². The number of Topliss-reactive ketones (excluding diaryl/α,β-unsaturated/α-hetero) is 1. The Bertz CT molecular complexity index is 727. The molecule has 0 aliphatic heterocycles. The van der Waals surface area contributed by atoms with Crippen LogP contribution in [0.15, 0.2) is 48.5 Å². The van der Waals surface area contributed by atoms with E-state index in [1.54, 1.807) is 0 Å². The average Bonchev–Trinajstić information content (AvgIpc) is 2.52. The Morgan fingerprint density at radius 1 is 1.00 bits per heavy atom. The molecule has 2 aromatic rings. The van der Waals surface area contributed by atoms with Crippen LogP contribution in [-0.2, 0) is 6.18 Å². The van der Waals surface area contributed by atoms with E-state index in [9.17, 15) is 22.8 Å². The van der Waals surface area contributed by atoms with Crippen LogP contribution in [0.1, 0.15) is 26.3 Å². The SMILES string of the molecule is O=C(CNC(=O)c1cccc(C(F)(F)F)c1)c1ccc(Cl)cc1. The Kier molecular flexibility index (Phi) is 5.05. The van der Waals surface area contributed by atoms with Gasteiger partial charge in [-0.3, -0.25) is 9.59 Å². The molecule has 0 bridgehead atoms. The van der Waals surface area contributed by atoms with Gasteiger partial charge in [-0.2, -0.15) is 13.2 Å². The molecule has 0 aliphatic carbocycles. The number of rotatable bonds is 4. The van der Waals surface area contributed by atoms with Gasteiger partial charge in [0.2, 0.25) is 0 Å². The largest absolute Gasteiger partial charge is 0.416 e. The van der Waals surface area contributed by atoms with Gasteiger partial charge in [-0.15, -0.1) is 0 Å². The maximum absolute atomic E-state index is 12.6. The highest BCUT2D eigenvalue weighted by molar-refractivity contribution is 6.30. The van der Waals surface area contributed by atoms with E-state index in [4.69, 9.17) is 11.6 Å². The molecule has 0 unspecified atom stereocenters. The van der Waals surface area contributed by atoms with E-state index in [0.717, 1.165) is 18.2 Å². The van der Waals surface area contributed by atoms with Crippen LogP contribution in [0.4, 0.5) is 13.2 Å². The van der Waals surface area contributed by atoms with Gasteiger partial charge < -0.3 is 5.32 Å². The molecule has 0 spiro atoms. The monoisotopic (exact) mass is 341 g/mol. The lowest BCUT2D eigenvalue weighted by molar-refractivity contribution is -0.137. The van der Waals surface area contributed by atoms with Crippen molar-refractivity contribution in [1.82, 2.24) is 5.32 Å². The third-order valence-corrected chi connectivity index (χ3v) is 3.28. The molecule has 0 heterocycles. The molecule has 2 aromatic carbocycles. The van der Waals surface area contributed by atoms with Crippen molar-refractivity contribution in [2.45, 2.75) is 6.18 Å². The van der Waals surface area contributed by atoms with Gasteiger partial charge in [-0.1, -0.05) is 17.7 Å². The van der Waals surface area contributed by atoms with Crippen LogP contribution in [-0.4, -0.2) is 18.2 Å². The maximum Gasteiger partial charge on any atom is 0.416 e. The number of nitrogens with one attached hydrogen (secondary N) is 1. The van der Waals surface area contributed by atoms with Crippen molar-refractivity contribution in [3.63, 3.8) is 0 Å². The van der Waals surface area contributed by atoms with Crippen LogP contribution < -0.4 is 5.32 Å². The van der Waals surface area contributed by atoms with Crippen LogP contribution in [0.2, 0.25) is 5.02 Å². The number of benzene rings is 2. The van der Waals surface area contributed by atoms with Crippen LogP contribution >= 0.6 is 11.6 Å². The molecule has 0 fully saturated rings. The Morgan fingerprint density at radius 2 is 1.65 bits per heavy atom. The first-order valence-corrected chi connectivity index (χ1v) is 6.89. The fraction of sp³-hybridized carbons (Fsp3) is 0.125. The van der Waals surface area contributed by atoms with Crippen molar-refractivity contribution in [3.05, 3.63) is 70.2 Å². The molecule has 0 aromatic heterocycles. The number of hydrogen-bond acceptors (Lipinski definition) is 2. The van der Waals surface area contributed by atoms with Crippen LogP contribution in [0.3, 0.4) is 0 Å². The summed E-state index contributed by atoms with van der Waals surface area (Å²) in [6.07, 6.45) is -4.53. The fourth-order valence-corrected chi connectivity index (χ4v) is 1.96. The third kappa shape index (κ3) is 4.56. The molecule has 23 heavy (non-hydrogen) atoms. The van der Waals surface area contributed by atoms with Crippen LogP contribution in [0.25, 0.3) is 0 Å². The summed E-state index contributed by atoms with van der Waals surface area (Å²) in [6, 6.07) is 10.1. The molecule has 0 saturated heterocycles. The molecule has 1 N–H and O–H groups in total. The second kappa shape index (κ2) is 6.83. The van der Waals surface area contributed by atoms with Crippen LogP contribution in [0.5, 0.6) is 0 Å². The fourth-order valence-electron chi connectivity index (χ4n) is 1.84. The van der Waals surface area contributed by atoms with Gasteiger partial charge in [0, 0.05) is 16.1 Å². The van der Waals surface area contributed by atoms with Crippen molar-refractivity contribution in [2.24, 2.45) is 0 Å². The molecule has 1 amide bonds. The molecule has 0 radical (unpaired) electrons. The molecule has 0 aliphatic rings. The predicted octanol–water partition coefficient (Wildman–Crippen LogP) is 3.97. The minimum Gasteiger partial charge on any atom is -0.345 e. The summed E-state index contributed by atoms with van der Waals surface area (Å²) in [5.74, 6) is -1.12. The first kappa shape index (κ1) is 17.0. The summed E-state index contributed by atoms with van der Waals surface area (Å²) >= 11 is 5.70. The van der Waals surface area contributed by atoms with E-state index in [-0.39, 0.29) is 17.9 Å². The van der Waals surface area contributed by atoms with Gasteiger partial charge in [0.05, 0.1) is 12.1 Å². The molecule has 2 rings (SSSR count). The smallest absolute Gasteiger partial charge is 0.345 e. The molecular formula is C16H11ClF3NO2. The lowest BCUT2D eigenvalue weighted by Gasteiger charge is -2.09. The van der Waals surface area contributed by atoms with Gasteiger partial charge >= 0.3 is 6.18 Å². The number of hydrogen-bond donors (Lipinski definition) is 1. The molecular weight excluding hydrogens is 331 g/mol. The number of carbonyl (C=O) groups is 2. The maximum atomic E-state index is 12.6. The number of halogens is 4. The summed E-state index contributed by atoms with van der Waals surface area (Å²) in [6.45, 7) is -0.323. The van der Waals surface area contributed by atoms with Crippen molar-refractivity contribution < 1.29 is 22.8 Å². The van der Waals surface area contributed by atoms with Gasteiger partial charge in [-0.25, -0.2) is 0 Å². The van der Waals surface area contributed by atoms with Gasteiger partial charge in [0.25, 0.3) is 5.91 Å². The van der Waals surface area contributed by atoms with Crippen molar-refractivity contribution in [1.29, 1.82) is 0 Å². The Hall–Kier alpha value is -2.34. The van der Waals surface area contributed by atoms with Gasteiger partial charge in [0.15, 0.2) is 5.78 Å². The zero-order valence-electron chi connectivity index (χ0n) is 11.7.